The fourth-order valence-electron chi connectivity index (χ4n) is 3.40. The Balaban J connectivity index is 1.51. The summed E-state index contributed by atoms with van der Waals surface area (Å²) in [6.07, 6.45) is 5.86. The topological polar surface area (TPSA) is 42.6 Å². The molecule has 5 nitrogen and oxygen atoms in total. The van der Waals surface area contributed by atoms with Crippen molar-refractivity contribution in [1.82, 2.24) is 14.5 Å². The second kappa shape index (κ2) is 7.23. The highest BCUT2D eigenvalue weighted by molar-refractivity contribution is 8.13. The van der Waals surface area contributed by atoms with E-state index in [1.165, 1.54) is 6.07 Å². The molecule has 27 heavy (non-hydrogen) atoms. The lowest BCUT2D eigenvalue weighted by Gasteiger charge is -2.41. The molecule has 4 rings (SSSR count). The highest BCUT2D eigenvalue weighted by atomic mass is 32.2. The van der Waals surface area contributed by atoms with Crippen molar-refractivity contribution in [2.75, 3.05) is 26.5 Å². The molecule has 2 aromatic heterocycles. The fourth-order valence-corrected chi connectivity index (χ4v) is 4.01. The lowest BCUT2D eigenvalue weighted by molar-refractivity contribution is 0.201. The lowest BCUT2D eigenvalue weighted by Crippen LogP contribution is -2.49. The molecular formula is C20H21FN4OS. The number of aromatic nitrogens is 2. The van der Waals surface area contributed by atoms with E-state index in [1.54, 1.807) is 31.1 Å². The zero-order valence-electron chi connectivity index (χ0n) is 15.5. The van der Waals surface area contributed by atoms with Crippen LogP contribution in [0.15, 0.2) is 47.7 Å². The number of pyridine rings is 1. The molecule has 0 amide bonds. The molecule has 1 aliphatic rings. The second-order valence-electron chi connectivity index (χ2n) is 6.60. The molecule has 0 N–H and O–H groups in total. The molecule has 3 heterocycles. The van der Waals surface area contributed by atoms with E-state index >= 15 is 0 Å². The van der Waals surface area contributed by atoms with Gasteiger partial charge in [-0.1, -0.05) is 11.8 Å². The third kappa shape index (κ3) is 3.39. The number of methoxy groups -OCH3 is 1. The third-order valence-corrected chi connectivity index (χ3v) is 5.57. The molecule has 1 saturated heterocycles. The van der Waals surface area contributed by atoms with Crippen LogP contribution in [0.5, 0.6) is 5.88 Å². The molecule has 0 unspecified atom stereocenters. The summed E-state index contributed by atoms with van der Waals surface area (Å²) in [5.74, 6) is 0.387. The first kappa shape index (κ1) is 17.9. The van der Waals surface area contributed by atoms with Gasteiger partial charge in [0.15, 0.2) is 5.17 Å². The third-order valence-electron chi connectivity index (χ3n) is 4.86. The summed E-state index contributed by atoms with van der Waals surface area (Å²) < 4.78 is 20.9. The van der Waals surface area contributed by atoms with Gasteiger partial charge in [0.2, 0.25) is 5.88 Å². The number of amidine groups is 1. The molecule has 0 aliphatic carbocycles. The summed E-state index contributed by atoms with van der Waals surface area (Å²) in [6, 6.07) is 9.08. The molecule has 3 aromatic rings. The maximum absolute atomic E-state index is 13.5. The monoisotopic (exact) mass is 384 g/mol. The smallest absolute Gasteiger partial charge is 0.213 e. The van der Waals surface area contributed by atoms with E-state index in [4.69, 9.17) is 9.73 Å². The summed E-state index contributed by atoms with van der Waals surface area (Å²) in [5.41, 5.74) is 2.99. The van der Waals surface area contributed by atoms with E-state index in [0.29, 0.717) is 11.9 Å². The molecule has 0 saturated carbocycles. The first-order chi connectivity index (χ1) is 13.1. The van der Waals surface area contributed by atoms with Gasteiger partial charge in [0, 0.05) is 36.3 Å². The highest BCUT2D eigenvalue weighted by Crippen LogP contribution is 2.31. The van der Waals surface area contributed by atoms with E-state index in [-0.39, 0.29) is 5.82 Å². The van der Waals surface area contributed by atoms with Crippen molar-refractivity contribution < 1.29 is 9.13 Å². The van der Waals surface area contributed by atoms with E-state index < -0.39 is 0 Å². The van der Waals surface area contributed by atoms with Crippen molar-refractivity contribution in [2.45, 2.75) is 13.0 Å². The number of likely N-dealkylation sites (tertiary alicyclic amines) is 1. The minimum atomic E-state index is -0.191. The Morgan fingerprint density at radius 1 is 1.30 bits per heavy atom. The van der Waals surface area contributed by atoms with Crippen LogP contribution in [0.1, 0.15) is 11.6 Å². The summed E-state index contributed by atoms with van der Waals surface area (Å²) in [6.45, 7) is 3.79. The molecular weight excluding hydrogens is 363 g/mol. The van der Waals surface area contributed by atoms with Crippen LogP contribution in [0.25, 0.3) is 10.9 Å². The number of hydrogen-bond donors (Lipinski definition) is 0. The number of nitrogens with zero attached hydrogens (tertiary/aromatic N) is 4. The van der Waals surface area contributed by atoms with Crippen LogP contribution in [0.2, 0.25) is 0 Å². The number of hydrogen-bond acceptors (Lipinski definition) is 4. The van der Waals surface area contributed by atoms with Gasteiger partial charge in [-0.05, 0) is 43.0 Å². The van der Waals surface area contributed by atoms with Crippen LogP contribution in [0, 0.1) is 12.7 Å². The van der Waals surface area contributed by atoms with Crippen LogP contribution >= 0.6 is 11.8 Å². The summed E-state index contributed by atoms with van der Waals surface area (Å²) >= 11 is 1.62. The van der Waals surface area contributed by atoms with Crippen molar-refractivity contribution >= 4 is 33.5 Å². The van der Waals surface area contributed by atoms with Crippen molar-refractivity contribution in [3.63, 3.8) is 0 Å². The van der Waals surface area contributed by atoms with Crippen LogP contribution in [-0.2, 0) is 0 Å². The SMILES string of the molecule is COc1ccc(/N=C(/SC)N2CC(n3cc(C)c4cc(F)ccc43)C2)cn1. The Hall–Kier alpha value is -2.54. The van der Waals surface area contributed by atoms with E-state index in [2.05, 4.69) is 20.6 Å². The van der Waals surface area contributed by atoms with Crippen molar-refractivity contribution in [2.24, 2.45) is 4.99 Å². The maximum atomic E-state index is 13.5. The van der Waals surface area contributed by atoms with Gasteiger partial charge in [0.1, 0.15) is 5.82 Å². The molecule has 0 spiro atoms. The van der Waals surface area contributed by atoms with E-state index in [0.717, 1.165) is 40.4 Å². The number of aliphatic imine (C=N–C) groups is 1. The van der Waals surface area contributed by atoms with Gasteiger partial charge in [-0.15, -0.1) is 0 Å². The summed E-state index contributed by atoms with van der Waals surface area (Å²) in [7, 11) is 1.60. The van der Waals surface area contributed by atoms with Gasteiger partial charge < -0.3 is 14.2 Å². The predicted octanol–water partition coefficient (Wildman–Crippen LogP) is 4.40. The molecule has 7 heteroatoms. The van der Waals surface area contributed by atoms with Crippen LogP contribution < -0.4 is 4.74 Å². The Labute approximate surface area is 161 Å². The van der Waals surface area contributed by atoms with E-state index in [9.17, 15) is 4.39 Å². The Morgan fingerprint density at radius 3 is 2.78 bits per heavy atom. The van der Waals surface area contributed by atoms with Crippen LogP contribution in [-0.4, -0.2) is 46.1 Å². The Bertz CT molecular complexity index is 993. The van der Waals surface area contributed by atoms with Crippen molar-refractivity contribution in [3.8, 4) is 5.88 Å². The Kier molecular flexibility index (Phi) is 4.78. The summed E-state index contributed by atoms with van der Waals surface area (Å²) in [4.78, 5) is 11.2. The zero-order valence-corrected chi connectivity index (χ0v) is 16.3. The van der Waals surface area contributed by atoms with E-state index in [1.807, 2.05) is 31.4 Å². The number of halogens is 1. The lowest BCUT2D eigenvalue weighted by atomic mass is 10.1. The highest BCUT2D eigenvalue weighted by Gasteiger charge is 2.31. The molecule has 140 valence electrons. The standard InChI is InChI=1S/C20H21FN4OS/c1-13-10-25(18-6-4-14(21)8-17(13)18)16-11-24(12-16)20(27-3)23-15-5-7-19(26-2)22-9-15/h4-10,16H,11-12H2,1-3H3/b23-20+. The molecule has 0 radical (unpaired) electrons. The van der Waals surface area contributed by atoms with Gasteiger partial charge in [0.25, 0.3) is 0 Å². The van der Waals surface area contributed by atoms with Gasteiger partial charge in [0.05, 0.1) is 25.0 Å². The quantitative estimate of drug-likeness (QED) is 0.496. The van der Waals surface area contributed by atoms with Gasteiger partial charge in [-0.3, -0.25) is 0 Å². The Morgan fingerprint density at radius 2 is 2.11 bits per heavy atom. The zero-order chi connectivity index (χ0) is 19.0. The fraction of sp³-hybridized carbons (Fsp3) is 0.300. The molecule has 1 aliphatic heterocycles. The molecule has 0 atom stereocenters. The number of ether oxygens (including phenoxy) is 1. The first-order valence-electron chi connectivity index (χ1n) is 8.73. The molecule has 1 aromatic carbocycles. The van der Waals surface area contributed by atoms with Crippen LogP contribution in [0.4, 0.5) is 10.1 Å². The van der Waals surface area contributed by atoms with Crippen molar-refractivity contribution in [1.29, 1.82) is 0 Å². The van der Waals surface area contributed by atoms with Gasteiger partial charge in [-0.2, -0.15) is 0 Å². The second-order valence-corrected chi connectivity index (χ2v) is 7.37. The van der Waals surface area contributed by atoms with Crippen LogP contribution in [0.3, 0.4) is 0 Å². The number of thioether (sulfide) groups is 1. The molecule has 0 bridgehead atoms. The average Bonchev–Trinajstić information content (AvgIpc) is 2.96. The first-order valence-corrected chi connectivity index (χ1v) is 9.96. The minimum absolute atomic E-state index is 0.191. The number of benzene rings is 1. The van der Waals surface area contributed by atoms with Gasteiger partial charge >= 0.3 is 0 Å². The average molecular weight is 384 g/mol. The maximum Gasteiger partial charge on any atom is 0.213 e. The summed E-state index contributed by atoms with van der Waals surface area (Å²) in [5, 5.41) is 1.95. The molecule has 1 fully saturated rings. The number of fused-ring (bicyclic) bond motifs is 1. The van der Waals surface area contributed by atoms with Gasteiger partial charge in [-0.25, -0.2) is 14.4 Å². The number of aryl methyl sites for hydroxylation is 1. The largest absolute Gasteiger partial charge is 0.481 e. The minimum Gasteiger partial charge on any atom is -0.481 e. The number of rotatable bonds is 3. The normalized spacial score (nSPS) is 15.3. The van der Waals surface area contributed by atoms with Crippen molar-refractivity contribution in [3.05, 3.63) is 54.1 Å². The predicted molar refractivity (Wildman–Crippen MR) is 109 cm³/mol.